The Bertz CT molecular complexity index is 586. The van der Waals surface area contributed by atoms with E-state index in [2.05, 4.69) is 38.8 Å². The van der Waals surface area contributed by atoms with Crippen LogP contribution in [0.15, 0.2) is 47.6 Å². The number of aliphatic hydroxyl groups excluding tert-OH is 1. The highest BCUT2D eigenvalue weighted by molar-refractivity contribution is 5.38. The van der Waals surface area contributed by atoms with E-state index in [4.69, 9.17) is 11.2 Å². The summed E-state index contributed by atoms with van der Waals surface area (Å²) in [7, 11) is 1.61. The van der Waals surface area contributed by atoms with Crippen molar-refractivity contribution >= 4 is 0 Å². The largest absolute Gasteiger partial charge is 0.395 e. The summed E-state index contributed by atoms with van der Waals surface area (Å²) in [5.41, 5.74) is 4.58. The van der Waals surface area contributed by atoms with E-state index in [1.807, 2.05) is 24.3 Å². The van der Waals surface area contributed by atoms with Crippen molar-refractivity contribution in [1.29, 1.82) is 0 Å². The van der Waals surface area contributed by atoms with Gasteiger partial charge in [0, 0.05) is 13.0 Å². The Labute approximate surface area is 140 Å². The van der Waals surface area contributed by atoms with E-state index < -0.39 is 0 Å². The highest BCUT2D eigenvalue weighted by Gasteiger charge is 2.17. The van der Waals surface area contributed by atoms with E-state index in [1.54, 1.807) is 7.11 Å². The molecule has 124 valence electrons. The maximum absolute atomic E-state index is 9.84. The molecule has 2 unspecified atom stereocenters. The fraction of sp³-hybridized carbons (Fsp3) is 0.429. The number of benzene rings is 1. The van der Waals surface area contributed by atoms with Crippen molar-refractivity contribution in [3.63, 3.8) is 0 Å². The lowest BCUT2D eigenvalue weighted by Gasteiger charge is -2.19. The molecule has 0 aromatic heterocycles. The predicted octanol–water partition coefficient (Wildman–Crippen LogP) is 4.78. The number of aliphatic hydroxyl groups is 1. The van der Waals surface area contributed by atoms with E-state index in [9.17, 15) is 5.11 Å². The molecule has 23 heavy (non-hydrogen) atoms. The van der Waals surface area contributed by atoms with Gasteiger partial charge in [-0.25, -0.2) is 0 Å². The molecule has 0 saturated heterocycles. The van der Waals surface area contributed by atoms with Gasteiger partial charge in [0.25, 0.3) is 0 Å². The molecule has 0 aliphatic heterocycles. The Morgan fingerprint density at radius 3 is 2.43 bits per heavy atom. The van der Waals surface area contributed by atoms with Gasteiger partial charge in [-0.05, 0) is 44.7 Å². The van der Waals surface area contributed by atoms with Crippen LogP contribution in [0.4, 0.5) is 0 Å². The molecule has 1 N–H and O–H groups in total. The average molecular weight is 312 g/mol. The van der Waals surface area contributed by atoms with E-state index >= 15 is 0 Å². The van der Waals surface area contributed by atoms with Crippen molar-refractivity contribution in [2.24, 2.45) is 0 Å². The molecule has 0 fully saturated rings. The zero-order valence-corrected chi connectivity index (χ0v) is 14.7. The molecule has 0 saturated carbocycles. The van der Waals surface area contributed by atoms with Gasteiger partial charge in [-0.15, -0.1) is 6.42 Å². The van der Waals surface area contributed by atoms with Crippen molar-refractivity contribution < 1.29 is 9.84 Å². The standard InChI is InChI=1S/C21H28O2/c1-6-21(23-5)20-13-8-7-12-19(20)18(15-22)14-17(4)11-9-10-16(2)3/h1,7-8,10,12-14,18,21-22H,9,11,15H2,2-5H3/b17-14-. The summed E-state index contributed by atoms with van der Waals surface area (Å²) >= 11 is 0. The van der Waals surface area contributed by atoms with Crippen LogP contribution in [0.2, 0.25) is 0 Å². The van der Waals surface area contributed by atoms with E-state index in [0.29, 0.717) is 0 Å². The number of terminal acetylenes is 1. The van der Waals surface area contributed by atoms with Gasteiger partial charge < -0.3 is 9.84 Å². The lowest BCUT2D eigenvalue weighted by molar-refractivity contribution is 0.149. The van der Waals surface area contributed by atoms with E-state index in [1.165, 1.54) is 11.1 Å². The molecule has 2 nitrogen and oxygen atoms in total. The number of rotatable bonds is 8. The Balaban J connectivity index is 3.02. The van der Waals surface area contributed by atoms with Gasteiger partial charge >= 0.3 is 0 Å². The molecule has 2 atom stereocenters. The van der Waals surface area contributed by atoms with Crippen LogP contribution in [0.5, 0.6) is 0 Å². The summed E-state index contributed by atoms with van der Waals surface area (Å²) in [5, 5.41) is 9.84. The predicted molar refractivity (Wildman–Crippen MR) is 97.3 cm³/mol. The highest BCUT2D eigenvalue weighted by Crippen LogP contribution is 2.29. The van der Waals surface area contributed by atoms with Crippen molar-refractivity contribution in [1.82, 2.24) is 0 Å². The lowest BCUT2D eigenvalue weighted by Crippen LogP contribution is -2.09. The van der Waals surface area contributed by atoms with Crippen molar-refractivity contribution in [2.75, 3.05) is 13.7 Å². The second-order valence-electron chi connectivity index (χ2n) is 6.03. The van der Waals surface area contributed by atoms with Crippen LogP contribution in [0, 0.1) is 12.3 Å². The van der Waals surface area contributed by atoms with E-state index in [0.717, 1.165) is 24.0 Å². The molecule has 0 aliphatic rings. The van der Waals surface area contributed by atoms with Crippen LogP contribution in [0.3, 0.4) is 0 Å². The molecule has 1 aromatic carbocycles. The fourth-order valence-corrected chi connectivity index (χ4v) is 2.63. The minimum Gasteiger partial charge on any atom is -0.395 e. The zero-order chi connectivity index (χ0) is 17.2. The minimum atomic E-state index is -0.389. The SMILES string of the molecule is C#CC(OC)c1ccccc1C(/C=C(/C)CCC=C(C)C)CO. The molecule has 0 radical (unpaired) electrons. The molecule has 0 bridgehead atoms. The Morgan fingerprint density at radius 1 is 1.26 bits per heavy atom. The number of hydrogen-bond donors (Lipinski definition) is 1. The van der Waals surface area contributed by atoms with Gasteiger partial charge in [0.1, 0.15) is 6.10 Å². The first-order valence-corrected chi connectivity index (χ1v) is 8.02. The average Bonchev–Trinajstić information content (AvgIpc) is 2.54. The molecule has 0 spiro atoms. The van der Waals surface area contributed by atoms with Gasteiger partial charge in [-0.1, -0.05) is 53.5 Å². The van der Waals surface area contributed by atoms with Crippen LogP contribution >= 0.6 is 0 Å². The zero-order valence-electron chi connectivity index (χ0n) is 14.7. The smallest absolute Gasteiger partial charge is 0.143 e. The molecule has 1 aromatic rings. The number of methoxy groups -OCH3 is 1. The number of ether oxygens (including phenoxy) is 1. The number of hydrogen-bond acceptors (Lipinski definition) is 2. The summed E-state index contributed by atoms with van der Waals surface area (Å²) in [6.45, 7) is 6.38. The van der Waals surface area contributed by atoms with Crippen molar-refractivity contribution in [3.05, 3.63) is 58.7 Å². The van der Waals surface area contributed by atoms with Gasteiger partial charge in [0.2, 0.25) is 0 Å². The topological polar surface area (TPSA) is 29.5 Å². The first-order valence-electron chi connectivity index (χ1n) is 8.02. The van der Waals surface area contributed by atoms with Crippen LogP contribution in [0.25, 0.3) is 0 Å². The Kier molecular flexibility index (Phi) is 8.40. The maximum atomic E-state index is 9.84. The second-order valence-corrected chi connectivity index (χ2v) is 6.03. The van der Waals surface area contributed by atoms with Crippen molar-refractivity contribution in [3.8, 4) is 12.3 Å². The molecule has 0 amide bonds. The summed E-state index contributed by atoms with van der Waals surface area (Å²) in [4.78, 5) is 0. The molecule has 0 heterocycles. The molecular formula is C21H28O2. The molecule has 0 aliphatic carbocycles. The highest BCUT2D eigenvalue weighted by atomic mass is 16.5. The molecule has 1 rings (SSSR count). The second kappa shape index (κ2) is 10.0. The van der Waals surface area contributed by atoms with Gasteiger partial charge in [0.15, 0.2) is 0 Å². The number of allylic oxidation sites excluding steroid dienone is 3. The van der Waals surface area contributed by atoms with E-state index in [-0.39, 0.29) is 18.6 Å². The fourth-order valence-electron chi connectivity index (χ4n) is 2.63. The monoisotopic (exact) mass is 312 g/mol. The first kappa shape index (κ1) is 19.2. The summed E-state index contributed by atoms with van der Waals surface area (Å²) < 4.78 is 5.37. The quantitative estimate of drug-likeness (QED) is 0.553. The van der Waals surface area contributed by atoms with Crippen LogP contribution < -0.4 is 0 Å². The lowest BCUT2D eigenvalue weighted by atomic mass is 9.90. The van der Waals surface area contributed by atoms with Gasteiger partial charge in [-0.2, -0.15) is 0 Å². The van der Waals surface area contributed by atoms with Crippen LogP contribution in [-0.2, 0) is 4.74 Å². The molecular weight excluding hydrogens is 284 g/mol. The minimum absolute atomic E-state index is 0.0536. The normalized spacial score (nSPS) is 14.0. The van der Waals surface area contributed by atoms with Crippen LogP contribution in [0.1, 0.15) is 56.8 Å². The van der Waals surface area contributed by atoms with Crippen LogP contribution in [-0.4, -0.2) is 18.8 Å². The Morgan fingerprint density at radius 2 is 1.91 bits per heavy atom. The van der Waals surface area contributed by atoms with Gasteiger partial charge in [0.05, 0.1) is 6.61 Å². The third kappa shape index (κ3) is 6.06. The summed E-state index contributed by atoms with van der Waals surface area (Å²) in [6, 6.07) is 7.90. The maximum Gasteiger partial charge on any atom is 0.143 e. The van der Waals surface area contributed by atoms with Gasteiger partial charge in [-0.3, -0.25) is 0 Å². The summed E-state index contributed by atoms with van der Waals surface area (Å²) in [6.07, 6.45) is 11.6. The van der Waals surface area contributed by atoms with Crippen molar-refractivity contribution in [2.45, 2.75) is 45.6 Å². The third-order valence-corrected chi connectivity index (χ3v) is 3.84. The Hall–Kier alpha value is -1.82. The summed E-state index contributed by atoms with van der Waals surface area (Å²) in [5.74, 6) is 2.59. The third-order valence-electron chi connectivity index (χ3n) is 3.84. The molecule has 2 heteroatoms. The first-order chi connectivity index (χ1) is 11.0.